The maximum Gasteiger partial charge on any atom is 0.407 e. The third-order valence-corrected chi connectivity index (χ3v) is 9.46. The van der Waals surface area contributed by atoms with E-state index in [-0.39, 0.29) is 25.1 Å². The molecule has 0 aromatic rings. The minimum Gasteiger partial charge on any atom is -0.465 e. The van der Waals surface area contributed by atoms with Crippen LogP contribution in [0.15, 0.2) is 24.3 Å². The van der Waals surface area contributed by atoms with Crippen LogP contribution in [0.2, 0.25) is 0 Å². The summed E-state index contributed by atoms with van der Waals surface area (Å²) in [5, 5.41) is 2.87. The highest BCUT2D eigenvalue weighted by atomic mass is 16.6. The van der Waals surface area contributed by atoms with Gasteiger partial charge in [0.1, 0.15) is 6.10 Å². The first kappa shape index (κ1) is 45.6. The number of rotatable bonds is 31. The second-order valence-electron chi connectivity index (χ2n) is 14.5. The number of hydrogen-bond donors (Lipinski definition) is 1. The van der Waals surface area contributed by atoms with E-state index in [9.17, 15) is 14.4 Å². The molecule has 0 aromatic carbocycles. The lowest BCUT2D eigenvalue weighted by atomic mass is 9.83. The monoisotopic (exact) mass is 707 g/mol. The molecule has 9 heteroatoms. The van der Waals surface area contributed by atoms with Gasteiger partial charge in [0.25, 0.3) is 0 Å². The lowest BCUT2D eigenvalue weighted by molar-refractivity contribution is -0.164. The van der Waals surface area contributed by atoms with Crippen LogP contribution in [0.1, 0.15) is 150 Å². The van der Waals surface area contributed by atoms with E-state index in [1.54, 1.807) is 21.0 Å². The maximum absolute atomic E-state index is 13.4. The Balaban J connectivity index is 2.38. The number of esters is 2. The molecule has 1 fully saturated rings. The number of allylic oxidation sites excluding steroid dienone is 4. The number of ether oxygens (including phenoxy) is 4. The zero-order valence-corrected chi connectivity index (χ0v) is 32.7. The molecule has 0 aliphatic carbocycles. The van der Waals surface area contributed by atoms with Crippen LogP contribution in [0.3, 0.4) is 0 Å². The Bertz CT molecular complexity index is 930. The third kappa shape index (κ3) is 23.2. The van der Waals surface area contributed by atoms with Crippen LogP contribution in [0.5, 0.6) is 0 Å². The summed E-state index contributed by atoms with van der Waals surface area (Å²) in [6.45, 7) is 11.8. The number of nitrogens with zero attached hydrogens (tertiary/aromatic N) is 1. The predicted octanol–water partition coefficient (Wildman–Crippen LogP) is 9.34. The minimum absolute atomic E-state index is 0.0532. The Kier molecular flexibility index (Phi) is 27.6. The Morgan fingerprint density at radius 3 is 2.04 bits per heavy atom. The summed E-state index contributed by atoms with van der Waals surface area (Å²) in [7, 11) is 1.57. The number of carbonyl (C=O) groups is 3. The van der Waals surface area contributed by atoms with Crippen molar-refractivity contribution in [3.05, 3.63) is 24.3 Å². The highest BCUT2D eigenvalue weighted by molar-refractivity contribution is 5.77. The highest BCUT2D eigenvalue weighted by Gasteiger charge is 2.41. The standard InChI is InChI=1S/C41H74N2O7/c1-6-8-10-12-13-14-15-16-17-18-19-20-21-22-24-28-38(44)48-34-36(33-47-5)35-49-39(45)41(3,4)37(27-23-11-9-7-2)50-40(46)42-29-32-43-30-25-26-31-43/h13-14,16-17,36-37H,6-12,15,18-35H2,1-5H3,(H,42,46)/b14-13-,17-16-. The summed E-state index contributed by atoms with van der Waals surface area (Å²) < 4.78 is 22.5. The van der Waals surface area contributed by atoms with Crippen molar-refractivity contribution in [2.75, 3.05) is 53.1 Å². The maximum atomic E-state index is 13.4. The number of alkyl carbamates (subject to hydrolysis) is 1. The van der Waals surface area contributed by atoms with Crippen molar-refractivity contribution in [2.24, 2.45) is 11.3 Å². The number of likely N-dealkylation sites (tertiary alicyclic amines) is 1. The lowest BCUT2D eigenvalue weighted by Gasteiger charge is -2.32. The van der Waals surface area contributed by atoms with Crippen LogP contribution in [-0.4, -0.2) is 82.1 Å². The van der Waals surface area contributed by atoms with Gasteiger partial charge < -0.3 is 29.2 Å². The van der Waals surface area contributed by atoms with Gasteiger partial charge in [-0.25, -0.2) is 4.79 Å². The van der Waals surface area contributed by atoms with Crippen molar-refractivity contribution in [2.45, 2.75) is 156 Å². The molecule has 1 saturated heterocycles. The Labute approximate surface area is 305 Å². The molecule has 290 valence electrons. The van der Waals surface area contributed by atoms with E-state index in [0.717, 1.165) is 83.8 Å². The van der Waals surface area contributed by atoms with E-state index < -0.39 is 23.6 Å². The van der Waals surface area contributed by atoms with Crippen LogP contribution >= 0.6 is 0 Å². The number of methoxy groups -OCH3 is 1. The van der Waals surface area contributed by atoms with Gasteiger partial charge in [-0.05, 0) is 91.1 Å². The first-order chi connectivity index (χ1) is 24.2. The van der Waals surface area contributed by atoms with Crippen LogP contribution in [0, 0.1) is 11.3 Å². The van der Waals surface area contributed by atoms with Crippen molar-refractivity contribution < 1.29 is 33.3 Å². The molecule has 1 amide bonds. The number of carbonyl (C=O) groups excluding carboxylic acids is 3. The van der Waals surface area contributed by atoms with Crippen molar-refractivity contribution in [3.8, 4) is 0 Å². The second kappa shape index (κ2) is 30.3. The zero-order valence-electron chi connectivity index (χ0n) is 32.7. The molecule has 0 saturated carbocycles. The summed E-state index contributed by atoms with van der Waals surface area (Å²) in [5.74, 6) is -0.966. The molecule has 0 aromatic heterocycles. The molecule has 0 radical (unpaired) electrons. The molecule has 1 N–H and O–H groups in total. The molecule has 2 unspecified atom stereocenters. The SMILES string of the molecule is CCCCC/C=C\C/C=C\CCCCCCCC(=O)OCC(COC)COC(=O)C(C)(C)C(CCCCCC)OC(=O)NCCN1CCCC1. The first-order valence-corrected chi connectivity index (χ1v) is 20.0. The summed E-state index contributed by atoms with van der Waals surface area (Å²) in [6.07, 6.45) is 27.8. The van der Waals surface area contributed by atoms with Crippen molar-refractivity contribution in [1.29, 1.82) is 0 Å². The van der Waals surface area contributed by atoms with Gasteiger partial charge in [0.05, 0.1) is 31.2 Å². The quantitative estimate of drug-likeness (QED) is 0.0329. The van der Waals surface area contributed by atoms with Gasteiger partial charge in [0, 0.05) is 26.6 Å². The fraction of sp³-hybridized carbons (Fsp3) is 0.829. The first-order valence-electron chi connectivity index (χ1n) is 20.0. The molecular weight excluding hydrogens is 632 g/mol. The Morgan fingerprint density at radius 1 is 0.760 bits per heavy atom. The smallest absolute Gasteiger partial charge is 0.407 e. The Hall–Kier alpha value is -2.39. The van der Waals surface area contributed by atoms with Crippen LogP contribution in [-0.2, 0) is 28.5 Å². The van der Waals surface area contributed by atoms with Gasteiger partial charge >= 0.3 is 18.0 Å². The number of amides is 1. The molecule has 0 bridgehead atoms. The van der Waals surface area contributed by atoms with Gasteiger partial charge in [0.15, 0.2) is 0 Å². The van der Waals surface area contributed by atoms with E-state index in [1.165, 1.54) is 44.9 Å². The normalized spacial score (nSPS) is 15.1. The average Bonchev–Trinajstić information content (AvgIpc) is 3.62. The largest absolute Gasteiger partial charge is 0.465 e. The van der Waals surface area contributed by atoms with Gasteiger partial charge in [-0.1, -0.05) is 89.5 Å². The van der Waals surface area contributed by atoms with E-state index in [1.807, 2.05) is 0 Å². The van der Waals surface area contributed by atoms with Crippen molar-refractivity contribution >= 4 is 18.0 Å². The fourth-order valence-electron chi connectivity index (χ4n) is 6.07. The zero-order chi connectivity index (χ0) is 36.7. The van der Waals surface area contributed by atoms with E-state index >= 15 is 0 Å². The number of hydrogen-bond acceptors (Lipinski definition) is 8. The summed E-state index contributed by atoms with van der Waals surface area (Å²) in [5.41, 5.74) is -1.05. The van der Waals surface area contributed by atoms with Gasteiger partial charge in [-0.2, -0.15) is 0 Å². The number of unbranched alkanes of at least 4 members (excludes halogenated alkanes) is 11. The van der Waals surface area contributed by atoms with Crippen molar-refractivity contribution in [1.82, 2.24) is 10.2 Å². The molecular formula is C41H74N2O7. The topological polar surface area (TPSA) is 103 Å². The van der Waals surface area contributed by atoms with Gasteiger partial charge in [-0.3, -0.25) is 9.59 Å². The minimum atomic E-state index is -1.05. The van der Waals surface area contributed by atoms with E-state index in [0.29, 0.717) is 26.0 Å². The van der Waals surface area contributed by atoms with Crippen LogP contribution in [0.4, 0.5) is 4.79 Å². The van der Waals surface area contributed by atoms with Crippen LogP contribution in [0.25, 0.3) is 0 Å². The Morgan fingerprint density at radius 2 is 1.36 bits per heavy atom. The molecule has 1 rings (SSSR count). The molecule has 0 spiro atoms. The third-order valence-electron chi connectivity index (χ3n) is 9.46. The average molecular weight is 707 g/mol. The summed E-state index contributed by atoms with van der Waals surface area (Å²) >= 11 is 0. The summed E-state index contributed by atoms with van der Waals surface area (Å²) in [4.78, 5) is 40.9. The molecule has 9 nitrogen and oxygen atoms in total. The highest BCUT2D eigenvalue weighted by Crippen LogP contribution is 2.30. The summed E-state index contributed by atoms with van der Waals surface area (Å²) in [6, 6.07) is 0. The van der Waals surface area contributed by atoms with Crippen molar-refractivity contribution in [3.63, 3.8) is 0 Å². The second-order valence-corrected chi connectivity index (χ2v) is 14.5. The number of nitrogens with one attached hydrogen (secondary N) is 1. The molecule has 2 atom stereocenters. The van der Waals surface area contributed by atoms with Crippen LogP contribution < -0.4 is 5.32 Å². The van der Waals surface area contributed by atoms with E-state index in [4.69, 9.17) is 18.9 Å². The fourth-order valence-corrected chi connectivity index (χ4v) is 6.07. The van der Waals surface area contributed by atoms with Gasteiger partial charge in [0.2, 0.25) is 0 Å². The van der Waals surface area contributed by atoms with Gasteiger partial charge in [-0.15, -0.1) is 0 Å². The van der Waals surface area contributed by atoms with E-state index in [2.05, 4.69) is 48.4 Å². The molecule has 1 aliphatic heterocycles. The predicted molar refractivity (Wildman–Crippen MR) is 203 cm³/mol. The lowest BCUT2D eigenvalue weighted by Crippen LogP contribution is -2.44. The molecule has 1 aliphatic rings. The molecule has 50 heavy (non-hydrogen) atoms. The molecule has 1 heterocycles.